The molecule has 9 nitrogen and oxygen atoms in total. The van der Waals surface area contributed by atoms with Crippen molar-refractivity contribution in [1.82, 2.24) is 14.8 Å². The number of hydrogen-bond donors (Lipinski definition) is 1. The summed E-state index contributed by atoms with van der Waals surface area (Å²) >= 11 is 5.97. The summed E-state index contributed by atoms with van der Waals surface area (Å²) in [5.74, 6) is 0.646. The summed E-state index contributed by atoms with van der Waals surface area (Å²) in [6.45, 7) is 3.10. The number of ether oxygens (including phenoxy) is 1. The second-order valence-corrected chi connectivity index (χ2v) is 13.8. The monoisotopic (exact) mass is 646 g/mol. The molecule has 3 aromatic carbocycles. The SMILES string of the molecule is Cc1cc(NS(=O)(=O)c2cccc3cc(C4CCCCC4)cnc23)ccc1C(=O)N1CCN(C(=O)Oc2cccc(Cl)c2)CC1. The number of carbonyl (C=O) groups excluding carboxylic acids is 2. The molecular weight excluding hydrogens is 612 g/mol. The first-order valence-electron chi connectivity index (χ1n) is 15.2. The minimum absolute atomic E-state index is 0.111. The Balaban J connectivity index is 1.11. The van der Waals surface area contributed by atoms with Crippen LogP contribution in [0, 0.1) is 6.92 Å². The molecule has 4 aromatic rings. The number of piperazine rings is 1. The van der Waals surface area contributed by atoms with Crippen LogP contribution in [0.5, 0.6) is 5.75 Å². The first kappa shape index (κ1) is 30.9. The van der Waals surface area contributed by atoms with Gasteiger partial charge in [-0.25, -0.2) is 13.2 Å². The van der Waals surface area contributed by atoms with Gasteiger partial charge in [-0.05, 0) is 85.3 Å². The van der Waals surface area contributed by atoms with Gasteiger partial charge < -0.3 is 14.5 Å². The number of pyridine rings is 1. The minimum atomic E-state index is -3.95. The number of aryl methyl sites for hydroxylation is 1. The smallest absolute Gasteiger partial charge is 0.410 e. The second-order valence-electron chi connectivity index (χ2n) is 11.7. The topological polar surface area (TPSA) is 109 Å². The van der Waals surface area contributed by atoms with Crippen molar-refractivity contribution in [1.29, 1.82) is 0 Å². The predicted molar refractivity (Wildman–Crippen MR) is 175 cm³/mol. The van der Waals surface area contributed by atoms with Crippen molar-refractivity contribution >= 4 is 50.2 Å². The highest BCUT2D eigenvalue weighted by Gasteiger charge is 2.27. The van der Waals surface area contributed by atoms with Gasteiger partial charge in [-0.1, -0.05) is 49.1 Å². The lowest BCUT2D eigenvalue weighted by Gasteiger charge is -2.34. The molecule has 1 aliphatic heterocycles. The number of anilines is 1. The Morgan fingerprint density at radius 3 is 2.38 bits per heavy atom. The zero-order chi connectivity index (χ0) is 31.6. The van der Waals surface area contributed by atoms with Gasteiger partial charge >= 0.3 is 6.09 Å². The van der Waals surface area contributed by atoms with Crippen molar-refractivity contribution in [3.05, 3.63) is 94.6 Å². The van der Waals surface area contributed by atoms with E-state index in [0.717, 1.165) is 18.2 Å². The van der Waals surface area contributed by atoms with E-state index in [1.165, 1.54) is 24.8 Å². The molecule has 0 spiro atoms. The molecule has 45 heavy (non-hydrogen) atoms. The van der Waals surface area contributed by atoms with Crippen LogP contribution in [0.3, 0.4) is 0 Å². The maximum atomic E-state index is 13.5. The number of rotatable bonds is 6. The maximum Gasteiger partial charge on any atom is 0.415 e. The number of benzene rings is 3. The zero-order valence-electron chi connectivity index (χ0n) is 25.0. The Morgan fingerprint density at radius 2 is 1.64 bits per heavy atom. The van der Waals surface area contributed by atoms with E-state index in [1.807, 2.05) is 12.3 Å². The summed E-state index contributed by atoms with van der Waals surface area (Å²) in [4.78, 5) is 33.9. The molecule has 0 atom stereocenters. The van der Waals surface area contributed by atoms with Crippen LogP contribution in [-0.4, -0.2) is 61.4 Å². The molecule has 1 aromatic heterocycles. The summed E-state index contributed by atoms with van der Waals surface area (Å²) in [6, 6.07) is 18.8. The highest BCUT2D eigenvalue weighted by atomic mass is 35.5. The van der Waals surface area contributed by atoms with Crippen molar-refractivity contribution in [3.8, 4) is 5.75 Å². The van der Waals surface area contributed by atoms with Crippen molar-refractivity contribution in [2.75, 3.05) is 30.9 Å². The first-order chi connectivity index (χ1) is 21.7. The number of nitrogens with zero attached hydrogens (tertiary/aromatic N) is 3. The lowest BCUT2D eigenvalue weighted by Crippen LogP contribution is -2.51. The summed E-state index contributed by atoms with van der Waals surface area (Å²) in [6.07, 6.45) is 7.29. The number of para-hydroxylation sites is 1. The summed E-state index contributed by atoms with van der Waals surface area (Å²) < 4.78 is 35.1. The third kappa shape index (κ3) is 6.92. The standard InChI is InChI=1S/C34H35ClN4O5S/c1-23-19-28(37-45(42,43)31-12-5-9-25-20-26(22-36-32(25)31)24-7-3-2-4-8-24)13-14-30(23)33(40)38-15-17-39(18-16-38)34(41)44-29-11-6-10-27(35)21-29/h5-6,9-14,19-22,24,37H,2-4,7-8,15-18H2,1H3. The van der Waals surface area contributed by atoms with Gasteiger partial charge in [-0.15, -0.1) is 0 Å². The Morgan fingerprint density at radius 1 is 0.911 bits per heavy atom. The molecule has 234 valence electrons. The third-order valence-electron chi connectivity index (χ3n) is 8.60. The van der Waals surface area contributed by atoms with E-state index in [2.05, 4.69) is 15.8 Å². The van der Waals surface area contributed by atoms with E-state index >= 15 is 0 Å². The number of halogens is 1. The predicted octanol–water partition coefficient (Wildman–Crippen LogP) is 7.00. The molecule has 11 heteroatoms. The number of aromatic nitrogens is 1. The lowest BCUT2D eigenvalue weighted by molar-refractivity contribution is 0.0632. The normalized spacial score (nSPS) is 16.0. The average molecular weight is 647 g/mol. The molecular formula is C34H35ClN4O5S. The van der Waals surface area contributed by atoms with Crippen molar-refractivity contribution < 1.29 is 22.7 Å². The average Bonchev–Trinajstić information content (AvgIpc) is 3.04. The first-order valence-corrected chi connectivity index (χ1v) is 17.1. The number of nitrogens with one attached hydrogen (secondary N) is 1. The molecule has 0 bridgehead atoms. The Hall–Kier alpha value is -4.15. The molecule has 2 amide bonds. The van der Waals surface area contributed by atoms with E-state index in [9.17, 15) is 18.0 Å². The molecule has 0 unspecified atom stereocenters. The fourth-order valence-corrected chi connectivity index (χ4v) is 7.57. The largest absolute Gasteiger partial charge is 0.415 e. The minimum Gasteiger partial charge on any atom is -0.410 e. The van der Waals surface area contributed by atoms with Crippen LogP contribution < -0.4 is 9.46 Å². The van der Waals surface area contributed by atoms with Crippen LogP contribution in [0.1, 0.15) is 59.5 Å². The number of hydrogen-bond acceptors (Lipinski definition) is 6. The molecule has 1 saturated carbocycles. The molecule has 1 N–H and O–H groups in total. The third-order valence-corrected chi connectivity index (χ3v) is 10.2. The van der Waals surface area contributed by atoms with Gasteiger partial charge in [0.15, 0.2) is 0 Å². The molecule has 2 fully saturated rings. The lowest BCUT2D eigenvalue weighted by atomic mass is 9.84. The molecule has 1 saturated heterocycles. The number of amides is 2. The van der Waals surface area contributed by atoms with Crippen LogP contribution in [0.2, 0.25) is 5.02 Å². The fraction of sp³-hybridized carbons (Fsp3) is 0.324. The van der Waals surface area contributed by atoms with Gasteiger partial charge in [0.25, 0.3) is 15.9 Å². The molecule has 1 aliphatic carbocycles. The van der Waals surface area contributed by atoms with Crippen molar-refractivity contribution in [3.63, 3.8) is 0 Å². The van der Waals surface area contributed by atoms with Crippen molar-refractivity contribution in [2.24, 2.45) is 0 Å². The Bertz CT molecular complexity index is 1850. The van der Waals surface area contributed by atoms with Gasteiger partial charge in [0.1, 0.15) is 10.6 Å². The fourth-order valence-electron chi connectivity index (χ4n) is 6.16. The van der Waals surface area contributed by atoms with Crippen LogP contribution >= 0.6 is 11.6 Å². The number of carbonyl (C=O) groups is 2. The number of fused-ring (bicyclic) bond motifs is 1. The van der Waals surface area contributed by atoms with Gasteiger partial charge in [-0.3, -0.25) is 14.5 Å². The highest BCUT2D eigenvalue weighted by molar-refractivity contribution is 7.93. The summed E-state index contributed by atoms with van der Waals surface area (Å²) in [5.41, 5.74) is 3.06. The van der Waals surface area contributed by atoms with Gasteiger partial charge in [0.05, 0.1) is 5.52 Å². The second kappa shape index (κ2) is 13.1. The Kier molecular flexibility index (Phi) is 8.96. The summed E-state index contributed by atoms with van der Waals surface area (Å²) in [7, 11) is -3.95. The maximum absolute atomic E-state index is 13.5. The van der Waals surface area contributed by atoms with Crippen LogP contribution in [0.15, 0.2) is 77.8 Å². The summed E-state index contributed by atoms with van der Waals surface area (Å²) in [5, 5.41) is 1.27. The van der Waals surface area contributed by atoms with Gasteiger partial charge in [0, 0.05) is 54.0 Å². The molecule has 6 rings (SSSR count). The van der Waals surface area contributed by atoms with E-state index in [1.54, 1.807) is 71.3 Å². The molecule has 2 aliphatic rings. The van der Waals surface area contributed by atoms with Crippen LogP contribution in [0.25, 0.3) is 10.9 Å². The zero-order valence-corrected chi connectivity index (χ0v) is 26.6. The Labute approximate surface area is 268 Å². The molecule has 2 heterocycles. The van der Waals surface area contributed by atoms with Gasteiger partial charge in [-0.2, -0.15) is 0 Å². The quantitative estimate of drug-likeness (QED) is 0.242. The molecule has 0 radical (unpaired) electrons. The van der Waals surface area contributed by atoms with E-state index in [-0.39, 0.29) is 10.8 Å². The number of sulfonamides is 1. The van der Waals surface area contributed by atoms with E-state index < -0.39 is 16.1 Å². The van der Waals surface area contributed by atoms with Gasteiger partial charge in [0.2, 0.25) is 0 Å². The highest BCUT2D eigenvalue weighted by Crippen LogP contribution is 2.34. The van der Waals surface area contributed by atoms with Crippen molar-refractivity contribution in [2.45, 2.75) is 49.8 Å². The van der Waals surface area contributed by atoms with Crippen LogP contribution in [-0.2, 0) is 10.0 Å². The van der Waals surface area contributed by atoms with E-state index in [4.69, 9.17) is 16.3 Å². The van der Waals surface area contributed by atoms with E-state index in [0.29, 0.717) is 65.2 Å². The van der Waals surface area contributed by atoms with Crippen LogP contribution in [0.4, 0.5) is 10.5 Å².